The average molecular weight is 395 g/mol. The monoisotopic (exact) mass is 395 g/mol. The number of benzene rings is 1. The van der Waals surface area contributed by atoms with Crippen LogP contribution in [0.3, 0.4) is 0 Å². The minimum absolute atomic E-state index is 0.205. The van der Waals surface area contributed by atoms with E-state index in [0.717, 1.165) is 22.6 Å². The molecular formula is C21H22FN5O2. The fraction of sp³-hybridized carbons (Fsp3) is 0.333. The number of nitrogens with zero attached hydrogens (tertiary/aromatic N) is 5. The second-order valence-corrected chi connectivity index (χ2v) is 7.08. The molecule has 8 heteroatoms. The Balaban J connectivity index is 1.73. The summed E-state index contributed by atoms with van der Waals surface area (Å²) in [6.07, 6.45) is 3.07. The summed E-state index contributed by atoms with van der Waals surface area (Å²) in [5, 5.41) is 4.55. The van der Waals surface area contributed by atoms with Crippen LogP contribution in [-0.4, -0.2) is 50.3 Å². The third-order valence-corrected chi connectivity index (χ3v) is 5.15. The number of aromatic nitrogens is 4. The molecule has 1 saturated heterocycles. The minimum atomic E-state index is -0.354. The lowest BCUT2D eigenvalue weighted by molar-refractivity contribution is -0.00337. The summed E-state index contributed by atoms with van der Waals surface area (Å²) in [7, 11) is 0. The molecule has 3 aromatic rings. The normalized spacial score (nSPS) is 16.8. The van der Waals surface area contributed by atoms with Crippen LogP contribution >= 0.6 is 0 Å². The van der Waals surface area contributed by atoms with E-state index >= 15 is 0 Å². The van der Waals surface area contributed by atoms with Crippen LogP contribution in [0, 0.1) is 26.6 Å². The molecule has 0 saturated carbocycles. The predicted octanol–water partition coefficient (Wildman–Crippen LogP) is 2.94. The van der Waals surface area contributed by atoms with E-state index in [-0.39, 0.29) is 17.8 Å². The molecule has 1 amide bonds. The minimum Gasteiger partial charge on any atom is -0.377 e. The van der Waals surface area contributed by atoms with Gasteiger partial charge in [-0.05, 0) is 32.9 Å². The molecule has 1 aliphatic rings. The van der Waals surface area contributed by atoms with E-state index in [4.69, 9.17) is 4.74 Å². The summed E-state index contributed by atoms with van der Waals surface area (Å²) in [6.45, 7) is 6.79. The lowest BCUT2D eigenvalue weighted by Crippen LogP contribution is -2.44. The van der Waals surface area contributed by atoms with Crippen LogP contribution in [0.4, 0.5) is 4.39 Å². The molecule has 0 N–H and O–H groups in total. The van der Waals surface area contributed by atoms with Crippen molar-refractivity contribution in [3.63, 3.8) is 0 Å². The van der Waals surface area contributed by atoms with E-state index in [9.17, 15) is 9.18 Å². The molecule has 29 heavy (non-hydrogen) atoms. The highest BCUT2D eigenvalue weighted by Crippen LogP contribution is 2.32. The molecule has 1 aliphatic heterocycles. The second kappa shape index (κ2) is 7.71. The summed E-state index contributed by atoms with van der Waals surface area (Å²) in [4.78, 5) is 23.3. The highest BCUT2D eigenvalue weighted by atomic mass is 19.1. The van der Waals surface area contributed by atoms with Crippen LogP contribution in [0.25, 0.3) is 5.69 Å². The number of carbonyl (C=O) groups is 1. The third kappa shape index (κ3) is 3.51. The lowest BCUT2D eigenvalue weighted by Gasteiger charge is -2.35. The van der Waals surface area contributed by atoms with Crippen molar-refractivity contribution >= 4 is 5.91 Å². The van der Waals surface area contributed by atoms with E-state index in [1.165, 1.54) is 12.3 Å². The Labute approximate surface area is 168 Å². The number of ether oxygens (including phenoxy) is 1. The SMILES string of the molecule is Cc1cnc(C(=O)N2CCOC[C@@H]2c2c(C)nn(-c3ccccc3F)c2C)cn1. The molecule has 3 heterocycles. The van der Waals surface area contributed by atoms with Crippen LogP contribution in [-0.2, 0) is 4.74 Å². The van der Waals surface area contributed by atoms with Gasteiger partial charge in [0.05, 0.1) is 36.8 Å². The van der Waals surface area contributed by atoms with Gasteiger partial charge >= 0.3 is 0 Å². The second-order valence-electron chi connectivity index (χ2n) is 7.08. The Kier molecular flexibility index (Phi) is 5.10. The number of hydrogen-bond acceptors (Lipinski definition) is 5. The van der Waals surface area contributed by atoms with Gasteiger partial charge in [-0.15, -0.1) is 0 Å². The Hall–Kier alpha value is -3.13. The number of halogens is 1. The van der Waals surface area contributed by atoms with Gasteiger partial charge in [-0.3, -0.25) is 9.78 Å². The Morgan fingerprint density at radius 1 is 1.17 bits per heavy atom. The largest absolute Gasteiger partial charge is 0.377 e. The topological polar surface area (TPSA) is 73.1 Å². The molecule has 1 atom stereocenters. The van der Waals surface area contributed by atoms with Gasteiger partial charge in [0, 0.05) is 24.0 Å². The first-order valence-electron chi connectivity index (χ1n) is 9.45. The molecule has 0 bridgehead atoms. The van der Waals surface area contributed by atoms with Gasteiger partial charge in [0.15, 0.2) is 0 Å². The predicted molar refractivity (Wildman–Crippen MR) is 104 cm³/mol. The summed E-state index contributed by atoms with van der Waals surface area (Å²) in [5.74, 6) is -0.560. The maximum Gasteiger partial charge on any atom is 0.274 e. The van der Waals surface area contributed by atoms with Gasteiger partial charge in [-0.1, -0.05) is 12.1 Å². The molecular weight excluding hydrogens is 373 g/mol. The summed E-state index contributed by atoms with van der Waals surface area (Å²) >= 11 is 0. The number of carbonyl (C=O) groups excluding carboxylic acids is 1. The van der Waals surface area contributed by atoms with Crippen molar-refractivity contribution in [2.24, 2.45) is 0 Å². The van der Waals surface area contributed by atoms with Crippen molar-refractivity contribution in [1.29, 1.82) is 0 Å². The van der Waals surface area contributed by atoms with Gasteiger partial charge in [0.1, 0.15) is 17.2 Å². The van der Waals surface area contributed by atoms with Crippen molar-refractivity contribution in [2.45, 2.75) is 26.8 Å². The molecule has 0 radical (unpaired) electrons. The van der Waals surface area contributed by atoms with E-state index in [1.807, 2.05) is 20.8 Å². The molecule has 0 spiro atoms. The van der Waals surface area contributed by atoms with E-state index < -0.39 is 0 Å². The van der Waals surface area contributed by atoms with E-state index in [2.05, 4.69) is 15.1 Å². The van der Waals surface area contributed by atoms with Gasteiger partial charge in [0.25, 0.3) is 5.91 Å². The quantitative estimate of drug-likeness (QED) is 0.682. The Morgan fingerprint density at radius 3 is 2.69 bits per heavy atom. The number of rotatable bonds is 3. The highest BCUT2D eigenvalue weighted by Gasteiger charge is 2.34. The zero-order chi connectivity index (χ0) is 20.5. The molecule has 4 rings (SSSR count). The Bertz CT molecular complexity index is 1050. The smallest absolute Gasteiger partial charge is 0.274 e. The maximum atomic E-state index is 14.3. The van der Waals surface area contributed by atoms with Gasteiger partial charge in [-0.25, -0.2) is 14.1 Å². The zero-order valence-electron chi connectivity index (χ0n) is 16.6. The first-order valence-corrected chi connectivity index (χ1v) is 9.45. The van der Waals surface area contributed by atoms with Crippen LogP contribution in [0.15, 0.2) is 36.7 Å². The number of hydrogen-bond donors (Lipinski definition) is 0. The molecule has 1 fully saturated rings. The molecule has 0 unspecified atom stereocenters. The maximum absolute atomic E-state index is 14.3. The number of amides is 1. The zero-order valence-corrected chi connectivity index (χ0v) is 16.6. The van der Waals surface area contributed by atoms with Crippen molar-refractivity contribution in [3.8, 4) is 5.69 Å². The molecule has 0 aliphatic carbocycles. The van der Waals surface area contributed by atoms with Crippen LogP contribution < -0.4 is 0 Å². The van der Waals surface area contributed by atoms with Crippen molar-refractivity contribution in [1.82, 2.24) is 24.6 Å². The van der Waals surface area contributed by atoms with Crippen molar-refractivity contribution < 1.29 is 13.9 Å². The first kappa shape index (κ1) is 19.2. The molecule has 1 aromatic carbocycles. The fourth-order valence-electron chi connectivity index (χ4n) is 3.73. The van der Waals surface area contributed by atoms with Gasteiger partial charge in [0.2, 0.25) is 0 Å². The Morgan fingerprint density at radius 2 is 1.97 bits per heavy atom. The first-order chi connectivity index (χ1) is 14.0. The number of para-hydroxylation sites is 1. The van der Waals surface area contributed by atoms with Gasteiger partial charge < -0.3 is 9.64 Å². The van der Waals surface area contributed by atoms with Crippen LogP contribution in [0.5, 0.6) is 0 Å². The van der Waals surface area contributed by atoms with Gasteiger partial charge in [-0.2, -0.15) is 5.10 Å². The standard InChI is InChI=1S/C21H22FN5O2/c1-13-10-24-17(11-23-13)21(28)26-8-9-29-12-19(26)20-14(2)25-27(15(20)3)18-7-5-4-6-16(18)22/h4-7,10-11,19H,8-9,12H2,1-3H3/t19-/m1/s1. The lowest BCUT2D eigenvalue weighted by atomic mass is 10.0. The molecule has 7 nitrogen and oxygen atoms in total. The van der Waals surface area contributed by atoms with E-state index in [0.29, 0.717) is 31.1 Å². The summed E-state index contributed by atoms with van der Waals surface area (Å²) in [6, 6.07) is 6.16. The summed E-state index contributed by atoms with van der Waals surface area (Å²) < 4.78 is 21.6. The number of aryl methyl sites for hydroxylation is 2. The third-order valence-electron chi connectivity index (χ3n) is 5.15. The van der Waals surface area contributed by atoms with Crippen LogP contribution in [0.1, 0.15) is 39.2 Å². The van der Waals surface area contributed by atoms with Crippen molar-refractivity contribution in [3.05, 3.63) is 70.8 Å². The molecule has 2 aromatic heterocycles. The summed E-state index contributed by atoms with van der Waals surface area (Å²) in [5.41, 5.74) is 3.78. The highest BCUT2D eigenvalue weighted by molar-refractivity contribution is 5.92. The average Bonchev–Trinajstić information content (AvgIpc) is 3.02. The molecule has 150 valence electrons. The fourth-order valence-corrected chi connectivity index (χ4v) is 3.73. The van der Waals surface area contributed by atoms with E-state index in [1.54, 1.807) is 34.0 Å². The van der Waals surface area contributed by atoms with Crippen molar-refractivity contribution in [2.75, 3.05) is 19.8 Å². The van der Waals surface area contributed by atoms with Crippen LogP contribution in [0.2, 0.25) is 0 Å². The number of morpholine rings is 1.